The summed E-state index contributed by atoms with van der Waals surface area (Å²) in [7, 11) is 4.57. The fourth-order valence-electron chi connectivity index (χ4n) is 2.24. The van der Waals surface area contributed by atoms with E-state index in [4.69, 9.17) is 26.4 Å². The van der Waals surface area contributed by atoms with Crippen LogP contribution >= 0.6 is 12.2 Å². The highest BCUT2D eigenvalue weighted by Crippen LogP contribution is 2.39. The predicted octanol–water partition coefficient (Wildman–Crippen LogP) is 3.48. The van der Waals surface area contributed by atoms with Gasteiger partial charge in [-0.2, -0.15) is 0 Å². The van der Waals surface area contributed by atoms with Gasteiger partial charge in [0, 0.05) is 18.2 Å². The summed E-state index contributed by atoms with van der Waals surface area (Å²) in [6, 6.07) is 6.74. The molecule has 0 amide bonds. The van der Waals surface area contributed by atoms with Crippen LogP contribution in [-0.2, 0) is 6.54 Å². The first-order valence-corrected chi connectivity index (χ1v) is 7.68. The first-order chi connectivity index (χ1) is 12.0. The van der Waals surface area contributed by atoms with Crippen molar-refractivity contribution in [3.05, 3.63) is 47.5 Å². The number of ether oxygens (including phenoxy) is 3. The van der Waals surface area contributed by atoms with Crippen LogP contribution in [0.15, 0.2) is 30.3 Å². The number of thiocarbonyl (C=S) groups is 1. The van der Waals surface area contributed by atoms with E-state index in [1.807, 2.05) is 0 Å². The number of hydrogen-bond acceptors (Lipinski definition) is 4. The number of rotatable bonds is 6. The van der Waals surface area contributed by atoms with Crippen molar-refractivity contribution in [1.82, 2.24) is 5.32 Å². The summed E-state index contributed by atoms with van der Waals surface area (Å²) < 4.78 is 42.5. The Morgan fingerprint density at radius 3 is 2.32 bits per heavy atom. The molecule has 2 N–H and O–H groups in total. The summed E-state index contributed by atoms with van der Waals surface area (Å²) in [4.78, 5) is 0. The summed E-state index contributed by atoms with van der Waals surface area (Å²) in [5.74, 6) is 0.125. The quantitative estimate of drug-likeness (QED) is 0.762. The van der Waals surface area contributed by atoms with Crippen molar-refractivity contribution in [3.63, 3.8) is 0 Å². The molecule has 0 atom stereocenters. The molecule has 0 bridgehead atoms. The summed E-state index contributed by atoms with van der Waals surface area (Å²) >= 11 is 5.14. The molecule has 0 aliphatic heterocycles. The lowest BCUT2D eigenvalue weighted by Crippen LogP contribution is -2.28. The molecule has 2 rings (SSSR count). The van der Waals surface area contributed by atoms with Gasteiger partial charge in [0.05, 0.1) is 27.0 Å². The van der Waals surface area contributed by atoms with Crippen LogP contribution in [0.1, 0.15) is 5.56 Å². The van der Waals surface area contributed by atoms with Crippen molar-refractivity contribution in [3.8, 4) is 17.2 Å². The Morgan fingerprint density at radius 2 is 1.72 bits per heavy atom. The third-order valence-corrected chi connectivity index (χ3v) is 3.65. The van der Waals surface area contributed by atoms with E-state index in [2.05, 4.69) is 10.6 Å². The molecule has 0 saturated heterocycles. The average molecular weight is 368 g/mol. The highest BCUT2D eigenvalue weighted by molar-refractivity contribution is 7.80. The minimum atomic E-state index is -0.729. The summed E-state index contributed by atoms with van der Waals surface area (Å²) in [5.41, 5.74) is 0.849. The molecule has 2 aromatic carbocycles. The lowest BCUT2D eigenvalue weighted by atomic mass is 10.1. The smallest absolute Gasteiger partial charge is 0.203 e. The number of anilines is 1. The maximum atomic E-state index is 13.6. The fourth-order valence-corrected chi connectivity index (χ4v) is 2.42. The first-order valence-electron chi connectivity index (χ1n) is 7.28. The van der Waals surface area contributed by atoms with Crippen LogP contribution in [0.25, 0.3) is 0 Å². The molecule has 0 fully saturated rings. The van der Waals surface area contributed by atoms with Gasteiger partial charge in [-0.1, -0.05) is 0 Å². The number of nitrogens with one attached hydrogen (secondary N) is 2. The Kier molecular flexibility index (Phi) is 6.35. The van der Waals surface area contributed by atoms with E-state index in [9.17, 15) is 8.78 Å². The minimum Gasteiger partial charge on any atom is -0.493 e. The van der Waals surface area contributed by atoms with Crippen molar-refractivity contribution in [2.45, 2.75) is 6.54 Å². The van der Waals surface area contributed by atoms with E-state index in [1.165, 1.54) is 27.4 Å². The lowest BCUT2D eigenvalue weighted by Gasteiger charge is -2.17. The van der Waals surface area contributed by atoms with Crippen LogP contribution in [0.2, 0.25) is 0 Å². The van der Waals surface area contributed by atoms with Gasteiger partial charge in [0.2, 0.25) is 5.75 Å². The van der Waals surface area contributed by atoms with Crippen LogP contribution in [-0.4, -0.2) is 26.4 Å². The maximum Gasteiger partial charge on any atom is 0.203 e. The number of halogens is 2. The topological polar surface area (TPSA) is 51.8 Å². The highest BCUT2D eigenvalue weighted by atomic mass is 32.1. The molecule has 0 aromatic heterocycles. The Labute approximate surface area is 149 Å². The third kappa shape index (κ3) is 4.48. The normalized spacial score (nSPS) is 10.1. The minimum absolute atomic E-state index is 0.0816. The van der Waals surface area contributed by atoms with Gasteiger partial charge >= 0.3 is 0 Å². The summed E-state index contributed by atoms with van der Waals surface area (Å²) in [6.45, 7) is 0.304. The molecule has 0 saturated carbocycles. The van der Waals surface area contributed by atoms with E-state index in [1.54, 1.807) is 12.1 Å². The molecule has 0 unspecified atom stereocenters. The molecule has 25 heavy (non-hydrogen) atoms. The molecule has 5 nitrogen and oxygen atoms in total. The van der Waals surface area contributed by atoms with E-state index in [-0.39, 0.29) is 10.8 Å². The van der Waals surface area contributed by atoms with Gasteiger partial charge in [0.25, 0.3) is 0 Å². The van der Waals surface area contributed by atoms with Crippen molar-refractivity contribution < 1.29 is 23.0 Å². The predicted molar refractivity (Wildman–Crippen MR) is 95.5 cm³/mol. The van der Waals surface area contributed by atoms with Crippen LogP contribution in [0.5, 0.6) is 17.2 Å². The van der Waals surface area contributed by atoms with Gasteiger partial charge in [0.15, 0.2) is 16.6 Å². The largest absolute Gasteiger partial charge is 0.493 e. The zero-order chi connectivity index (χ0) is 18.4. The molecule has 0 spiro atoms. The van der Waals surface area contributed by atoms with Gasteiger partial charge < -0.3 is 24.8 Å². The molecule has 8 heteroatoms. The van der Waals surface area contributed by atoms with E-state index >= 15 is 0 Å². The zero-order valence-corrected chi connectivity index (χ0v) is 14.8. The highest BCUT2D eigenvalue weighted by Gasteiger charge is 2.16. The average Bonchev–Trinajstić information content (AvgIpc) is 2.61. The summed E-state index contributed by atoms with van der Waals surface area (Å²) in [6.07, 6.45) is 0. The number of hydrogen-bond donors (Lipinski definition) is 2. The second kappa shape index (κ2) is 8.48. The van der Waals surface area contributed by atoms with Crippen molar-refractivity contribution in [1.29, 1.82) is 0 Å². The van der Waals surface area contributed by atoms with Crippen LogP contribution in [0, 0.1) is 11.6 Å². The SMILES string of the molecule is COc1ccc(CNC(=S)Nc2ccc(F)cc2F)c(OC)c1OC. The van der Waals surface area contributed by atoms with Crippen LogP contribution in [0.4, 0.5) is 14.5 Å². The fraction of sp³-hybridized carbons (Fsp3) is 0.235. The molecular weight excluding hydrogens is 350 g/mol. The standard InChI is InChI=1S/C17H18F2N2O3S/c1-22-14-7-4-10(15(23-2)16(14)24-3)9-20-17(25)21-13-6-5-11(18)8-12(13)19/h4-8H,9H2,1-3H3,(H2,20,21,25). The second-order valence-electron chi connectivity index (χ2n) is 4.93. The van der Waals surface area contributed by atoms with Gasteiger partial charge in [-0.3, -0.25) is 0 Å². The van der Waals surface area contributed by atoms with Gasteiger partial charge in [0.1, 0.15) is 11.6 Å². The van der Waals surface area contributed by atoms with E-state index < -0.39 is 11.6 Å². The van der Waals surface area contributed by atoms with Gasteiger partial charge in [-0.05, 0) is 36.5 Å². The molecule has 0 aliphatic rings. The third-order valence-electron chi connectivity index (χ3n) is 3.40. The first kappa shape index (κ1) is 18.7. The Morgan fingerprint density at radius 1 is 1.00 bits per heavy atom. The Bertz CT molecular complexity index is 772. The molecule has 2 aromatic rings. The number of benzene rings is 2. The zero-order valence-electron chi connectivity index (χ0n) is 14.0. The monoisotopic (exact) mass is 368 g/mol. The molecule has 0 aliphatic carbocycles. The van der Waals surface area contributed by atoms with Gasteiger partial charge in [-0.25, -0.2) is 8.78 Å². The second-order valence-corrected chi connectivity index (χ2v) is 5.33. The number of methoxy groups -OCH3 is 3. The van der Waals surface area contributed by atoms with E-state index in [0.717, 1.165) is 17.7 Å². The van der Waals surface area contributed by atoms with Gasteiger partial charge in [-0.15, -0.1) is 0 Å². The summed E-state index contributed by atoms with van der Waals surface area (Å²) in [5, 5.41) is 5.80. The van der Waals surface area contributed by atoms with Crippen LogP contribution in [0.3, 0.4) is 0 Å². The van der Waals surface area contributed by atoms with E-state index in [0.29, 0.717) is 23.8 Å². The van der Waals surface area contributed by atoms with Crippen LogP contribution < -0.4 is 24.8 Å². The Balaban J connectivity index is 2.09. The Hall–Kier alpha value is -2.61. The maximum absolute atomic E-state index is 13.6. The van der Waals surface area contributed by atoms with Crippen molar-refractivity contribution >= 4 is 23.0 Å². The molecule has 0 radical (unpaired) electrons. The molecular formula is C17H18F2N2O3S. The van der Waals surface area contributed by atoms with Crippen molar-refractivity contribution in [2.75, 3.05) is 26.6 Å². The van der Waals surface area contributed by atoms with Crippen molar-refractivity contribution in [2.24, 2.45) is 0 Å². The molecule has 134 valence electrons. The lowest BCUT2D eigenvalue weighted by molar-refractivity contribution is 0.322. The molecule has 0 heterocycles.